The van der Waals surface area contributed by atoms with Gasteiger partial charge in [-0.3, -0.25) is 10.2 Å². The molecule has 0 unspecified atom stereocenters. The lowest BCUT2D eigenvalue weighted by molar-refractivity contribution is 0.0956. The highest BCUT2D eigenvalue weighted by molar-refractivity contribution is 7.17. The molecular weight excluding hydrogens is 246 g/mol. The van der Waals surface area contributed by atoms with Crippen LogP contribution >= 0.6 is 11.3 Å². The molecule has 5 heteroatoms. The van der Waals surface area contributed by atoms with Crippen molar-refractivity contribution in [3.63, 3.8) is 0 Å². The van der Waals surface area contributed by atoms with Crippen LogP contribution in [0.1, 0.15) is 34.1 Å². The number of hydrogen-bond acceptors (Lipinski definition) is 4. The Labute approximate surface area is 109 Å². The van der Waals surface area contributed by atoms with Gasteiger partial charge in [-0.2, -0.15) is 0 Å². The summed E-state index contributed by atoms with van der Waals surface area (Å²) >= 11 is 1.41. The number of carbonyl (C=O) groups excluding carboxylic acids is 1. The van der Waals surface area contributed by atoms with Crippen LogP contribution in [0.25, 0.3) is 10.6 Å². The maximum absolute atomic E-state index is 11.7. The van der Waals surface area contributed by atoms with Crippen LogP contribution in [0.15, 0.2) is 30.3 Å². The maximum Gasteiger partial charge on any atom is 0.277 e. The van der Waals surface area contributed by atoms with Crippen molar-refractivity contribution in [2.45, 2.75) is 18.8 Å². The lowest BCUT2D eigenvalue weighted by atomic mass is 10.2. The molecule has 4 nitrogen and oxygen atoms in total. The molecule has 18 heavy (non-hydrogen) atoms. The number of nitrogens with two attached hydrogens (primary N) is 1. The molecule has 1 aliphatic rings. The van der Waals surface area contributed by atoms with E-state index in [0.717, 1.165) is 29.1 Å². The summed E-state index contributed by atoms with van der Waals surface area (Å²) in [5.41, 5.74) is 4.15. The van der Waals surface area contributed by atoms with Crippen LogP contribution in [0.2, 0.25) is 0 Å². The minimum Gasteiger partial charge on any atom is -0.289 e. The average molecular weight is 259 g/mol. The van der Waals surface area contributed by atoms with Gasteiger partial charge in [0.2, 0.25) is 0 Å². The molecule has 0 saturated heterocycles. The number of nitrogens with one attached hydrogen (secondary N) is 1. The van der Waals surface area contributed by atoms with Gasteiger partial charge in [0.15, 0.2) is 0 Å². The molecule has 1 heterocycles. The number of hydrogen-bond donors (Lipinski definition) is 2. The first-order chi connectivity index (χ1) is 8.79. The average Bonchev–Trinajstić information content (AvgIpc) is 3.18. The van der Waals surface area contributed by atoms with Crippen molar-refractivity contribution in [3.8, 4) is 10.6 Å². The highest BCUT2D eigenvalue weighted by Crippen LogP contribution is 2.44. The molecule has 1 saturated carbocycles. The molecule has 0 aliphatic heterocycles. The van der Waals surface area contributed by atoms with Crippen LogP contribution in [0.3, 0.4) is 0 Å². The van der Waals surface area contributed by atoms with Gasteiger partial charge in [0.05, 0.1) is 5.69 Å². The van der Waals surface area contributed by atoms with Crippen molar-refractivity contribution < 1.29 is 4.79 Å². The molecule has 2 aromatic rings. The lowest BCUT2D eigenvalue weighted by Crippen LogP contribution is -2.29. The van der Waals surface area contributed by atoms with Gasteiger partial charge in [0.1, 0.15) is 9.88 Å². The van der Waals surface area contributed by atoms with E-state index in [-0.39, 0.29) is 5.91 Å². The summed E-state index contributed by atoms with van der Waals surface area (Å²) in [7, 11) is 0. The van der Waals surface area contributed by atoms with Crippen LogP contribution in [-0.2, 0) is 0 Å². The summed E-state index contributed by atoms with van der Waals surface area (Å²) in [6.07, 6.45) is 2.23. The molecule has 1 aromatic carbocycles. The maximum atomic E-state index is 11.7. The van der Waals surface area contributed by atoms with Crippen molar-refractivity contribution >= 4 is 17.2 Å². The number of nitrogen functional groups attached to an aromatic ring is 1. The van der Waals surface area contributed by atoms with Crippen LogP contribution in [-0.4, -0.2) is 10.9 Å². The van der Waals surface area contributed by atoms with Gasteiger partial charge < -0.3 is 0 Å². The zero-order valence-corrected chi connectivity index (χ0v) is 10.5. The number of thiazole rings is 1. The third-order valence-corrected chi connectivity index (χ3v) is 4.09. The van der Waals surface area contributed by atoms with E-state index in [9.17, 15) is 4.79 Å². The summed E-state index contributed by atoms with van der Waals surface area (Å²) in [5.74, 6) is 5.42. The van der Waals surface area contributed by atoms with Crippen LogP contribution < -0.4 is 11.3 Å². The second-order valence-electron chi connectivity index (χ2n) is 4.35. The van der Waals surface area contributed by atoms with E-state index in [1.165, 1.54) is 11.3 Å². The molecule has 1 aliphatic carbocycles. The van der Waals surface area contributed by atoms with Gasteiger partial charge in [-0.1, -0.05) is 30.3 Å². The van der Waals surface area contributed by atoms with E-state index in [0.29, 0.717) is 10.8 Å². The number of aromatic nitrogens is 1. The van der Waals surface area contributed by atoms with E-state index in [1.807, 2.05) is 30.3 Å². The second-order valence-corrected chi connectivity index (χ2v) is 5.35. The zero-order chi connectivity index (χ0) is 12.5. The predicted molar refractivity (Wildman–Crippen MR) is 71.2 cm³/mol. The summed E-state index contributed by atoms with van der Waals surface area (Å²) in [5, 5.41) is 0.885. The monoisotopic (exact) mass is 259 g/mol. The summed E-state index contributed by atoms with van der Waals surface area (Å²) in [6.45, 7) is 0. The Bertz CT molecular complexity index is 575. The van der Waals surface area contributed by atoms with E-state index < -0.39 is 0 Å². The largest absolute Gasteiger partial charge is 0.289 e. The molecule has 0 spiro atoms. The highest BCUT2D eigenvalue weighted by Gasteiger charge is 2.32. The second kappa shape index (κ2) is 4.51. The van der Waals surface area contributed by atoms with Gasteiger partial charge in [-0.25, -0.2) is 10.8 Å². The molecule has 3 N–H and O–H groups in total. The number of nitrogens with zero attached hydrogens (tertiary/aromatic N) is 1. The van der Waals surface area contributed by atoms with Gasteiger partial charge >= 0.3 is 0 Å². The van der Waals surface area contributed by atoms with Crippen molar-refractivity contribution in [1.82, 2.24) is 10.4 Å². The number of rotatable bonds is 3. The molecule has 92 valence electrons. The van der Waals surface area contributed by atoms with Gasteiger partial charge in [0.25, 0.3) is 5.91 Å². The third kappa shape index (κ3) is 2.02. The summed E-state index contributed by atoms with van der Waals surface area (Å²) in [4.78, 5) is 17.0. The van der Waals surface area contributed by atoms with E-state index >= 15 is 0 Å². The first-order valence-corrected chi connectivity index (χ1v) is 6.68. The van der Waals surface area contributed by atoms with Gasteiger partial charge in [0, 0.05) is 11.5 Å². The van der Waals surface area contributed by atoms with Crippen LogP contribution in [0.5, 0.6) is 0 Å². The minimum absolute atomic E-state index is 0.239. The Kier molecular flexibility index (Phi) is 2.85. The number of benzene rings is 1. The van der Waals surface area contributed by atoms with E-state index in [4.69, 9.17) is 5.84 Å². The molecule has 1 amide bonds. The van der Waals surface area contributed by atoms with E-state index in [2.05, 4.69) is 10.4 Å². The fourth-order valence-corrected chi connectivity index (χ4v) is 2.96. The molecular formula is C13H13N3OS. The lowest BCUT2D eigenvalue weighted by Gasteiger charge is -1.97. The van der Waals surface area contributed by atoms with Gasteiger partial charge in [-0.05, 0) is 12.8 Å². The molecule has 0 radical (unpaired) electrons. The van der Waals surface area contributed by atoms with Crippen molar-refractivity contribution in [2.75, 3.05) is 0 Å². The van der Waals surface area contributed by atoms with E-state index in [1.54, 1.807) is 0 Å². The first-order valence-electron chi connectivity index (χ1n) is 5.86. The van der Waals surface area contributed by atoms with Crippen molar-refractivity contribution in [3.05, 3.63) is 40.9 Å². The molecule has 3 rings (SSSR count). The number of hydrazine groups is 1. The van der Waals surface area contributed by atoms with Crippen molar-refractivity contribution in [2.24, 2.45) is 5.84 Å². The standard InChI is InChI=1S/C13H13N3OS/c14-16-12(17)11-10(8-6-7-8)15-13(18-11)9-4-2-1-3-5-9/h1-5,8H,6-7,14H2,(H,16,17). The molecule has 1 fully saturated rings. The number of carbonyl (C=O) groups is 1. The Hall–Kier alpha value is -1.72. The third-order valence-electron chi connectivity index (χ3n) is 2.98. The fraction of sp³-hybridized carbons (Fsp3) is 0.231. The summed E-state index contributed by atoms with van der Waals surface area (Å²) < 4.78 is 0. The zero-order valence-electron chi connectivity index (χ0n) is 9.72. The molecule has 0 bridgehead atoms. The Balaban J connectivity index is 2.04. The van der Waals surface area contributed by atoms with Crippen LogP contribution in [0.4, 0.5) is 0 Å². The smallest absolute Gasteiger partial charge is 0.277 e. The highest BCUT2D eigenvalue weighted by atomic mass is 32.1. The Morgan fingerprint density at radius 1 is 1.33 bits per heavy atom. The van der Waals surface area contributed by atoms with Gasteiger partial charge in [-0.15, -0.1) is 11.3 Å². The quantitative estimate of drug-likeness (QED) is 0.505. The van der Waals surface area contributed by atoms with Crippen LogP contribution in [0, 0.1) is 0 Å². The SMILES string of the molecule is NNC(=O)c1sc(-c2ccccc2)nc1C1CC1. The topological polar surface area (TPSA) is 68.0 Å². The first kappa shape index (κ1) is 11.4. The molecule has 0 atom stereocenters. The summed E-state index contributed by atoms with van der Waals surface area (Å²) in [6, 6.07) is 9.90. The number of amides is 1. The van der Waals surface area contributed by atoms with Crippen molar-refractivity contribution in [1.29, 1.82) is 0 Å². The fourth-order valence-electron chi connectivity index (χ4n) is 1.90. The Morgan fingerprint density at radius 3 is 2.67 bits per heavy atom. The Morgan fingerprint density at radius 2 is 2.06 bits per heavy atom. The predicted octanol–water partition coefficient (Wildman–Crippen LogP) is 2.29. The normalized spacial score (nSPS) is 14.5. The molecule has 1 aromatic heterocycles. The minimum atomic E-state index is -0.239.